The number of amides is 2. The van der Waals surface area contributed by atoms with Gasteiger partial charge in [-0.3, -0.25) is 0 Å². The van der Waals surface area contributed by atoms with Gasteiger partial charge in [0.25, 0.3) is 0 Å². The van der Waals surface area contributed by atoms with Crippen LogP contribution >= 0.6 is 0 Å². The molecule has 1 aliphatic carbocycles. The Labute approximate surface area is 154 Å². The molecule has 0 atom stereocenters. The Bertz CT molecular complexity index is 963. The zero-order valence-electron chi connectivity index (χ0n) is 14.8. The number of nitrogens with two attached hydrogens (primary N) is 1. The van der Waals surface area contributed by atoms with Crippen LogP contribution in [0.5, 0.6) is 0 Å². The van der Waals surface area contributed by atoms with Crippen molar-refractivity contribution in [2.75, 3.05) is 7.05 Å². The molecule has 7 heteroatoms. The molecule has 0 saturated heterocycles. The topological polar surface area (TPSA) is 70.9 Å². The molecule has 4 N–H and O–H groups in total. The fourth-order valence-corrected chi connectivity index (χ4v) is 3.21. The first kappa shape index (κ1) is 18.8. The number of rotatable bonds is 2. The molecule has 1 aromatic heterocycles. The van der Waals surface area contributed by atoms with Crippen LogP contribution in [0.4, 0.5) is 18.0 Å². The number of nitrogens with one attached hydrogen (secondary N) is 2. The van der Waals surface area contributed by atoms with Crippen molar-refractivity contribution in [3.63, 3.8) is 0 Å². The second-order valence-electron chi connectivity index (χ2n) is 6.47. The fourth-order valence-electron chi connectivity index (χ4n) is 3.21. The first-order valence-electron chi connectivity index (χ1n) is 8.64. The summed E-state index contributed by atoms with van der Waals surface area (Å²) in [4.78, 5) is 12.6. The summed E-state index contributed by atoms with van der Waals surface area (Å²) < 4.78 is 40.8. The second-order valence-corrected chi connectivity index (χ2v) is 6.47. The molecule has 0 aliphatic heterocycles. The molecule has 1 saturated carbocycles. The lowest BCUT2D eigenvalue weighted by atomic mass is 9.78. The predicted octanol–water partition coefficient (Wildman–Crippen LogP) is 4.80. The number of aromatic amines is 1. The van der Waals surface area contributed by atoms with Gasteiger partial charge in [0.05, 0.1) is 11.2 Å². The number of hydrogen-bond acceptors (Lipinski definition) is 1. The van der Waals surface area contributed by atoms with Crippen molar-refractivity contribution in [1.82, 2.24) is 10.3 Å². The van der Waals surface area contributed by atoms with Crippen LogP contribution < -0.4 is 11.1 Å². The maximum absolute atomic E-state index is 14.1. The largest absolute Gasteiger partial charge is 0.352 e. The highest BCUT2D eigenvalue weighted by atomic mass is 19.1. The van der Waals surface area contributed by atoms with E-state index in [1.807, 2.05) is 0 Å². The summed E-state index contributed by atoms with van der Waals surface area (Å²) in [5, 5.41) is 2.77. The molecule has 2 aromatic carbocycles. The smallest absolute Gasteiger partial charge is 0.311 e. The van der Waals surface area contributed by atoms with Crippen molar-refractivity contribution >= 4 is 16.9 Å². The highest BCUT2D eigenvalue weighted by Crippen LogP contribution is 2.45. The van der Waals surface area contributed by atoms with Gasteiger partial charge < -0.3 is 16.0 Å². The molecule has 0 radical (unpaired) electrons. The van der Waals surface area contributed by atoms with Crippen molar-refractivity contribution in [2.45, 2.75) is 25.2 Å². The number of aromatic nitrogens is 1. The Balaban J connectivity index is 0.000000376. The standard InChI is InChI=1S/C18H14F3N.C2H6N2O/c19-12-6-4-11(5-7-12)17-16(10-2-1-3-10)14-8-13(20)9-15(21)18(14)22-17;1-4-2(3)5/h4-10,22H,1-3H2;1H3,(H3,3,4,5). The van der Waals surface area contributed by atoms with Gasteiger partial charge in [-0.15, -0.1) is 0 Å². The quantitative estimate of drug-likeness (QED) is 0.591. The minimum absolute atomic E-state index is 0.301. The third-order valence-electron chi connectivity index (χ3n) is 4.76. The lowest BCUT2D eigenvalue weighted by Crippen LogP contribution is -2.24. The summed E-state index contributed by atoms with van der Waals surface area (Å²) in [5.41, 5.74) is 7.37. The van der Waals surface area contributed by atoms with E-state index in [0.29, 0.717) is 16.8 Å². The summed E-state index contributed by atoms with van der Waals surface area (Å²) in [5.74, 6) is -1.18. The Morgan fingerprint density at radius 1 is 1.11 bits per heavy atom. The van der Waals surface area contributed by atoms with E-state index < -0.39 is 17.7 Å². The van der Waals surface area contributed by atoms with E-state index in [0.717, 1.165) is 42.1 Å². The molecule has 2 amide bonds. The minimum Gasteiger partial charge on any atom is -0.352 e. The van der Waals surface area contributed by atoms with Crippen LogP contribution in [0.3, 0.4) is 0 Å². The molecule has 1 aliphatic rings. The highest BCUT2D eigenvalue weighted by molar-refractivity contribution is 5.92. The maximum atomic E-state index is 14.1. The summed E-state index contributed by atoms with van der Waals surface area (Å²) >= 11 is 0. The Hall–Kier alpha value is -2.96. The predicted molar refractivity (Wildman–Crippen MR) is 98.8 cm³/mol. The number of primary amides is 1. The van der Waals surface area contributed by atoms with Crippen LogP contribution in [0, 0.1) is 17.5 Å². The van der Waals surface area contributed by atoms with E-state index in [1.165, 1.54) is 25.2 Å². The molecular weight excluding hydrogens is 355 g/mol. The van der Waals surface area contributed by atoms with Crippen LogP contribution in [0.1, 0.15) is 30.7 Å². The van der Waals surface area contributed by atoms with E-state index >= 15 is 0 Å². The first-order chi connectivity index (χ1) is 12.9. The number of halogens is 3. The lowest BCUT2D eigenvalue weighted by Gasteiger charge is -2.26. The number of H-pyrrole nitrogens is 1. The number of urea groups is 1. The van der Waals surface area contributed by atoms with Crippen LogP contribution in [0.2, 0.25) is 0 Å². The van der Waals surface area contributed by atoms with E-state index in [1.54, 1.807) is 12.1 Å². The molecule has 0 unspecified atom stereocenters. The number of carbonyl (C=O) groups is 1. The van der Waals surface area contributed by atoms with E-state index in [2.05, 4.69) is 16.0 Å². The van der Waals surface area contributed by atoms with Gasteiger partial charge in [0.15, 0.2) is 0 Å². The molecule has 4 rings (SSSR count). The van der Waals surface area contributed by atoms with Gasteiger partial charge in [-0.05, 0) is 60.2 Å². The highest BCUT2D eigenvalue weighted by Gasteiger charge is 2.27. The minimum atomic E-state index is -0.594. The second kappa shape index (κ2) is 7.73. The summed E-state index contributed by atoms with van der Waals surface area (Å²) in [6.07, 6.45) is 3.15. The van der Waals surface area contributed by atoms with Crippen molar-refractivity contribution in [3.8, 4) is 11.3 Å². The van der Waals surface area contributed by atoms with E-state index in [-0.39, 0.29) is 5.82 Å². The van der Waals surface area contributed by atoms with Gasteiger partial charge in [0.2, 0.25) is 0 Å². The third kappa shape index (κ3) is 3.92. The SMILES string of the molecule is CNC(N)=O.Fc1ccc(-c2[nH]c3c(F)cc(F)cc3c2C2CCC2)cc1. The summed E-state index contributed by atoms with van der Waals surface area (Å²) in [6.45, 7) is 0. The number of carbonyl (C=O) groups excluding carboxylic acids is 1. The van der Waals surface area contributed by atoms with Crippen LogP contribution in [0.15, 0.2) is 36.4 Å². The Morgan fingerprint density at radius 3 is 2.26 bits per heavy atom. The zero-order valence-corrected chi connectivity index (χ0v) is 14.8. The Kier molecular flexibility index (Phi) is 5.39. The van der Waals surface area contributed by atoms with E-state index in [4.69, 9.17) is 0 Å². The van der Waals surface area contributed by atoms with Crippen molar-refractivity contribution in [3.05, 3.63) is 59.4 Å². The summed E-state index contributed by atoms with van der Waals surface area (Å²) in [6, 6.07) is 7.86. The first-order valence-corrected chi connectivity index (χ1v) is 8.64. The molecule has 27 heavy (non-hydrogen) atoms. The molecule has 0 spiro atoms. The lowest BCUT2D eigenvalue weighted by molar-refractivity contribution is 0.251. The molecule has 1 fully saturated rings. The van der Waals surface area contributed by atoms with Gasteiger partial charge in [-0.1, -0.05) is 6.42 Å². The van der Waals surface area contributed by atoms with Gasteiger partial charge >= 0.3 is 6.03 Å². The van der Waals surface area contributed by atoms with Gasteiger partial charge in [-0.2, -0.15) is 0 Å². The zero-order chi connectivity index (χ0) is 19.6. The summed E-state index contributed by atoms with van der Waals surface area (Å²) in [7, 11) is 1.47. The maximum Gasteiger partial charge on any atom is 0.311 e. The van der Waals surface area contributed by atoms with Gasteiger partial charge in [0, 0.05) is 18.5 Å². The molecule has 1 heterocycles. The van der Waals surface area contributed by atoms with E-state index in [9.17, 15) is 18.0 Å². The number of benzene rings is 2. The molecule has 3 aromatic rings. The molecule has 4 nitrogen and oxygen atoms in total. The van der Waals surface area contributed by atoms with Crippen molar-refractivity contribution in [1.29, 1.82) is 0 Å². The average molecular weight is 375 g/mol. The third-order valence-corrected chi connectivity index (χ3v) is 4.76. The Morgan fingerprint density at radius 2 is 1.74 bits per heavy atom. The van der Waals surface area contributed by atoms with Crippen LogP contribution in [-0.4, -0.2) is 18.1 Å². The molecular formula is C20H20F3N3O. The fraction of sp³-hybridized carbons (Fsp3) is 0.250. The number of fused-ring (bicyclic) bond motifs is 1. The van der Waals surface area contributed by atoms with Crippen molar-refractivity contribution in [2.24, 2.45) is 5.73 Å². The molecule has 142 valence electrons. The monoisotopic (exact) mass is 375 g/mol. The molecule has 0 bridgehead atoms. The number of hydrogen-bond donors (Lipinski definition) is 3. The van der Waals surface area contributed by atoms with Crippen molar-refractivity contribution < 1.29 is 18.0 Å². The van der Waals surface area contributed by atoms with Crippen LogP contribution in [-0.2, 0) is 0 Å². The van der Waals surface area contributed by atoms with Crippen LogP contribution in [0.25, 0.3) is 22.2 Å². The van der Waals surface area contributed by atoms with Gasteiger partial charge in [-0.25, -0.2) is 18.0 Å². The van der Waals surface area contributed by atoms with Gasteiger partial charge in [0.1, 0.15) is 17.5 Å². The average Bonchev–Trinajstić information content (AvgIpc) is 2.94. The normalized spacial score (nSPS) is 13.6.